The predicted octanol–water partition coefficient (Wildman–Crippen LogP) is 3.92. The van der Waals surface area contributed by atoms with Gasteiger partial charge >= 0.3 is 5.97 Å². The third-order valence-electron chi connectivity index (χ3n) is 3.85. The zero-order chi connectivity index (χ0) is 17.7. The third-order valence-corrected chi connectivity index (χ3v) is 3.85. The summed E-state index contributed by atoms with van der Waals surface area (Å²) >= 11 is 0. The van der Waals surface area contributed by atoms with Crippen molar-refractivity contribution in [3.8, 4) is 0 Å². The van der Waals surface area contributed by atoms with Gasteiger partial charge in [-0.25, -0.2) is 4.79 Å². The number of hydrogen-bond acceptors (Lipinski definition) is 4. The molecule has 0 atom stereocenters. The first-order valence-corrected chi connectivity index (χ1v) is 7.96. The number of esters is 1. The summed E-state index contributed by atoms with van der Waals surface area (Å²) in [6.07, 6.45) is 0. The molecule has 4 heteroatoms. The lowest BCUT2D eigenvalue weighted by Gasteiger charge is -2.12. The molecule has 0 heterocycles. The summed E-state index contributed by atoms with van der Waals surface area (Å²) in [4.78, 5) is 26.1. The standard InChI is InChI=1S/C20H23NO3/c1-14(2)15-5-7-16(8-6-15)19(22)13-24-20(23)17-9-11-18(12-10-17)21(3)4/h5-12,14H,13H2,1-4H3. The third kappa shape index (κ3) is 4.44. The number of ketones is 1. The fourth-order valence-electron chi connectivity index (χ4n) is 2.25. The number of anilines is 1. The Hall–Kier alpha value is -2.62. The molecule has 4 nitrogen and oxygen atoms in total. The molecule has 0 N–H and O–H groups in total. The molecule has 0 saturated carbocycles. The Labute approximate surface area is 143 Å². The van der Waals surface area contributed by atoms with E-state index in [0.717, 1.165) is 5.69 Å². The summed E-state index contributed by atoms with van der Waals surface area (Å²) in [6, 6.07) is 14.5. The van der Waals surface area contributed by atoms with E-state index in [1.54, 1.807) is 24.3 Å². The number of benzene rings is 2. The molecule has 0 aromatic heterocycles. The number of carbonyl (C=O) groups is 2. The molecule has 0 amide bonds. The van der Waals surface area contributed by atoms with Crippen LogP contribution in [0.1, 0.15) is 46.0 Å². The lowest BCUT2D eigenvalue weighted by atomic mass is 10.0. The summed E-state index contributed by atoms with van der Waals surface area (Å²) < 4.78 is 5.12. The molecule has 0 aliphatic carbocycles. The normalized spacial score (nSPS) is 10.5. The molecule has 0 bridgehead atoms. The van der Waals surface area contributed by atoms with Crippen molar-refractivity contribution in [2.24, 2.45) is 0 Å². The number of nitrogens with zero attached hydrogens (tertiary/aromatic N) is 1. The maximum atomic E-state index is 12.1. The fraction of sp³-hybridized carbons (Fsp3) is 0.300. The maximum Gasteiger partial charge on any atom is 0.338 e. The maximum absolute atomic E-state index is 12.1. The molecule has 2 rings (SSSR count). The Morgan fingerprint density at radius 3 is 1.96 bits per heavy atom. The number of hydrogen-bond donors (Lipinski definition) is 0. The number of Topliss-reactive ketones (excluding diaryl/α,β-unsaturated/α-hetero) is 1. The Morgan fingerprint density at radius 1 is 0.917 bits per heavy atom. The molecule has 0 fully saturated rings. The number of ether oxygens (including phenoxy) is 1. The average Bonchev–Trinajstić information content (AvgIpc) is 2.59. The second-order valence-electron chi connectivity index (χ2n) is 6.22. The Bertz CT molecular complexity index is 637. The quantitative estimate of drug-likeness (QED) is 0.596. The molecule has 24 heavy (non-hydrogen) atoms. The van der Waals surface area contributed by atoms with Crippen molar-refractivity contribution < 1.29 is 14.3 Å². The van der Waals surface area contributed by atoms with Crippen molar-refractivity contribution in [2.75, 3.05) is 25.6 Å². The molecular formula is C20H23NO3. The van der Waals surface area contributed by atoms with Crippen LogP contribution in [0.2, 0.25) is 0 Å². The highest BCUT2D eigenvalue weighted by atomic mass is 16.5. The van der Waals surface area contributed by atoms with E-state index >= 15 is 0 Å². The van der Waals surface area contributed by atoms with E-state index in [9.17, 15) is 9.59 Å². The molecule has 2 aromatic carbocycles. The summed E-state index contributed by atoms with van der Waals surface area (Å²) in [5.74, 6) is -0.284. The number of rotatable bonds is 6. The topological polar surface area (TPSA) is 46.6 Å². The predicted molar refractivity (Wildman–Crippen MR) is 95.9 cm³/mol. The van der Waals surface area contributed by atoms with Gasteiger partial charge in [-0.2, -0.15) is 0 Å². The molecule has 0 spiro atoms. The summed E-state index contributed by atoms with van der Waals surface area (Å²) in [5, 5.41) is 0. The highest BCUT2D eigenvalue weighted by molar-refractivity contribution is 5.99. The first-order valence-electron chi connectivity index (χ1n) is 7.96. The highest BCUT2D eigenvalue weighted by Gasteiger charge is 2.12. The Balaban J connectivity index is 1.94. The minimum Gasteiger partial charge on any atom is -0.454 e. The van der Waals surface area contributed by atoms with E-state index < -0.39 is 5.97 Å². The van der Waals surface area contributed by atoms with E-state index in [0.29, 0.717) is 17.0 Å². The van der Waals surface area contributed by atoms with Gasteiger partial charge in [0, 0.05) is 25.3 Å². The zero-order valence-electron chi connectivity index (χ0n) is 14.6. The van der Waals surface area contributed by atoms with Crippen molar-refractivity contribution in [1.29, 1.82) is 0 Å². The van der Waals surface area contributed by atoms with Crippen molar-refractivity contribution in [2.45, 2.75) is 19.8 Å². The van der Waals surface area contributed by atoms with Crippen LogP contribution in [0.25, 0.3) is 0 Å². The lowest BCUT2D eigenvalue weighted by Crippen LogP contribution is -2.14. The summed E-state index contributed by atoms with van der Waals surface area (Å²) in [7, 11) is 3.85. The van der Waals surface area contributed by atoms with Crippen LogP contribution in [0.3, 0.4) is 0 Å². The second-order valence-corrected chi connectivity index (χ2v) is 6.22. The first-order chi connectivity index (χ1) is 11.4. The van der Waals surface area contributed by atoms with Crippen molar-refractivity contribution >= 4 is 17.4 Å². The van der Waals surface area contributed by atoms with Crippen LogP contribution in [0, 0.1) is 0 Å². The van der Waals surface area contributed by atoms with Crippen LogP contribution in [-0.2, 0) is 4.74 Å². The smallest absolute Gasteiger partial charge is 0.338 e. The zero-order valence-corrected chi connectivity index (χ0v) is 14.6. The van der Waals surface area contributed by atoms with Crippen LogP contribution in [0.15, 0.2) is 48.5 Å². The van der Waals surface area contributed by atoms with Crippen LogP contribution < -0.4 is 4.90 Å². The summed E-state index contributed by atoms with van der Waals surface area (Å²) in [5.41, 5.74) is 3.15. The van der Waals surface area contributed by atoms with Gasteiger partial charge in [0.25, 0.3) is 0 Å². The van der Waals surface area contributed by atoms with Gasteiger partial charge in [-0.1, -0.05) is 38.1 Å². The molecule has 0 aliphatic rings. The molecule has 2 aromatic rings. The van der Waals surface area contributed by atoms with Crippen LogP contribution in [0.4, 0.5) is 5.69 Å². The van der Waals surface area contributed by atoms with Crippen LogP contribution >= 0.6 is 0 Å². The van der Waals surface area contributed by atoms with Gasteiger partial charge in [0.2, 0.25) is 0 Å². The minimum atomic E-state index is -0.493. The molecule has 0 aliphatic heterocycles. The Kier molecular flexibility index (Phi) is 5.74. The van der Waals surface area contributed by atoms with E-state index in [4.69, 9.17) is 4.74 Å². The molecular weight excluding hydrogens is 302 g/mol. The largest absolute Gasteiger partial charge is 0.454 e. The van der Waals surface area contributed by atoms with Gasteiger partial charge < -0.3 is 9.64 Å². The van der Waals surface area contributed by atoms with Crippen molar-refractivity contribution in [3.05, 3.63) is 65.2 Å². The monoisotopic (exact) mass is 325 g/mol. The van der Waals surface area contributed by atoms with Gasteiger partial charge in [-0.05, 0) is 35.7 Å². The molecule has 126 valence electrons. The van der Waals surface area contributed by atoms with E-state index in [2.05, 4.69) is 13.8 Å². The number of carbonyl (C=O) groups excluding carboxylic acids is 2. The van der Waals surface area contributed by atoms with Gasteiger partial charge in [0.15, 0.2) is 12.4 Å². The van der Waals surface area contributed by atoms with E-state index in [1.165, 1.54) is 5.56 Å². The van der Waals surface area contributed by atoms with Gasteiger partial charge in [0.05, 0.1) is 5.56 Å². The van der Waals surface area contributed by atoms with Crippen LogP contribution in [0.5, 0.6) is 0 Å². The molecule has 0 unspecified atom stereocenters. The van der Waals surface area contributed by atoms with Gasteiger partial charge in [0.1, 0.15) is 0 Å². The summed E-state index contributed by atoms with van der Waals surface area (Å²) in [6.45, 7) is 3.94. The average molecular weight is 325 g/mol. The van der Waals surface area contributed by atoms with E-state index in [-0.39, 0.29) is 12.4 Å². The minimum absolute atomic E-state index is 0.205. The fourth-order valence-corrected chi connectivity index (χ4v) is 2.25. The Morgan fingerprint density at radius 2 is 1.46 bits per heavy atom. The second kappa shape index (κ2) is 7.77. The first kappa shape index (κ1) is 17.7. The lowest BCUT2D eigenvalue weighted by molar-refractivity contribution is 0.0475. The molecule has 0 radical (unpaired) electrons. The highest BCUT2D eigenvalue weighted by Crippen LogP contribution is 2.16. The van der Waals surface area contributed by atoms with E-state index in [1.807, 2.05) is 43.3 Å². The van der Waals surface area contributed by atoms with Gasteiger partial charge in [-0.15, -0.1) is 0 Å². The van der Waals surface area contributed by atoms with Gasteiger partial charge in [-0.3, -0.25) is 4.79 Å². The van der Waals surface area contributed by atoms with Crippen molar-refractivity contribution in [1.82, 2.24) is 0 Å². The molecule has 0 saturated heterocycles. The van der Waals surface area contributed by atoms with Crippen molar-refractivity contribution in [3.63, 3.8) is 0 Å². The SMILES string of the molecule is CC(C)c1ccc(C(=O)COC(=O)c2ccc(N(C)C)cc2)cc1. The van der Waals surface area contributed by atoms with Crippen LogP contribution in [-0.4, -0.2) is 32.5 Å².